The second-order valence-electron chi connectivity index (χ2n) is 7.04. The minimum atomic E-state index is -0.366. The lowest BCUT2D eigenvalue weighted by molar-refractivity contribution is -0.143. The van der Waals surface area contributed by atoms with Crippen LogP contribution in [0.25, 0.3) is 0 Å². The number of rotatable bonds is 5. The predicted octanol–water partition coefficient (Wildman–Crippen LogP) is 3.12. The Kier molecular flexibility index (Phi) is 6.52. The molecule has 2 aliphatic rings. The van der Waals surface area contributed by atoms with Crippen molar-refractivity contribution in [2.45, 2.75) is 57.0 Å². The number of halogens is 1. The Hall–Kier alpha value is -1.62. The van der Waals surface area contributed by atoms with Gasteiger partial charge in [0.05, 0.1) is 6.07 Å². The van der Waals surface area contributed by atoms with E-state index in [0.29, 0.717) is 19.5 Å². The summed E-state index contributed by atoms with van der Waals surface area (Å²) in [6, 6.07) is 9.89. The molecular weight excluding hydrogens is 437 g/mol. The molecule has 2 aliphatic heterocycles. The van der Waals surface area contributed by atoms with Crippen molar-refractivity contribution in [3.8, 4) is 6.07 Å². The second-order valence-corrected chi connectivity index (χ2v) is 8.29. The second kappa shape index (κ2) is 8.85. The van der Waals surface area contributed by atoms with Gasteiger partial charge in [-0.2, -0.15) is 5.26 Å². The Morgan fingerprint density at radius 3 is 2.54 bits per heavy atom. The van der Waals surface area contributed by atoms with E-state index in [1.165, 1.54) is 9.13 Å². The van der Waals surface area contributed by atoms with Gasteiger partial charge in [-0.15, -0.1) is 0 Å². The maximum Gasteiger partial charge on any atom is 0.246 e. The molecule has 3 rings (SSSR count). The average Bonchev–Trinajstić information content (AvgIpc) is 3.32. The molecule has 138 valence electrons. The number of amides is 2. The van der Waals surface area contributed by atoms with Gasteiger partial charge in [-0.25, -0.2) is 0 Å². The molecule has 0 radical (unpaired) electrons. The minimum Gasteiger partial charge on any atom is -0.331 e. The Morgan fingerprint density at radius 2 is 1.81 bits per heavy atom. The topological polar surface area (TPSA) is 64.4 Å². The molecule has 1 aromatic rings. The number of benzene rings is 1. The normalized spacial score (nSPS) is 22.5. The first-order chi connectivity index (χ1) is 12.6. The van der Waals surface area contributed by atoms with Crippen LogP contribution in [0.4, 0.5) is 0 Å². The monoisotopic (exact) mass is 461 g/mol. The Morgan fingerprint density at radius 1 is 1.12 bits per heavy atom. The first-order valence-electron chi connectivity index (χ1n) is 9.34. The smallest absolute Gasteiger partial charge is 0.246 e. The molecule has 1 aromatic carbocycles. The van der Waals surface area contributed by atoms with Crippen molar-refractivity contribution in [2.24, 2.45) is 0 Å². The van der Waals surface area contributed by atoms with Crippen LogP contribution in [0.2, 0.25) is 0 Å². The average molecular weight is 461 g/mol. The van der Waals surface area contributed by atoms with Crippen molar-refractivity contribution in [3.05, 3.63) is 33.4 Å². The van der Waals surface area contributed by atoms with E-state index in [1.807, 2.05) is 0 Å². The summed E-state index contributed by atoms with van der Waals surface area (Å²) in [5.41, 5.74) is 1.24. The van der Waals surface area contributed by atoms with E-state index < -0.39 is 0 Å². The van der Waals surface area contributed by atoms with Gasteiger partial charge in [0.15, 0.2) is 0 Å². The van der Waals surface area contributed by atoms with Gasteiger partial charge in [0.1, 0.15) is 12.1 Å². The fourth-order valence-corrected chi connectivity index (χ4v) is 4.28. The zero-order valence-electron chi connectivity index (χ0n) is 14.9. The number of likely N-dealkylation sites (tertiary alicyclic amines) is 2. The van der Waals surface area contributed by atoms with E-state index in [2.05, 4.69) is 52.9 Å². The van der Waals surface area contributed by atoms with Crippen LogP contribution in [-0.4, -0.2) is 46.8 Å². The van der Waals surface area contributed by atoms with Crippen LogP contribution in [-0.2, 0) is 16.0 Å². The van der Waals surface area contributed by atoms with Crippen molar-refractivity contribution in [1.29, 1.82) is 5.26 Å². The van der Waals surface area contributed by atoms with Gasteiger partial charge in [0, 0.05) is 23.1 Å². The first-order valence-corrected chi connectivity index (χ1v) is 10.4. The summed E-state index contributed by atoms with van der Waals surface area (Å²) in [6.45, 7) is 1.30. The summed E-state index contributed by atoms with van der Waals surface area (Å²) in [7, 11) is 0. The molecule has 0 unspecified atom stereocenters. The standard InChI is InChI=1S/C20H24IN3O2/c21-16-10-8-15(9-11-16)4-1-7-19(25)24-13-3-6-18(24)20(26)23-12-2-5-17(23)14-22/h8-11,17-18H,1-7,12-13H2/t17-,18-/m0/s1/i21-4. The van der Waals surface area contributed by atoms with Crippen LogP contribution in [0.5, 0.6) is 0 Å². The number of carbonyl (C=O) groups excluding carboxylic acids is 2. The van der Waals surface area contributed by atoms with E-state index in [-0.39, 0.29) is 23.9 Å². The largest absolute Gasteiger partial charge is 0.331 e. The van der Waals surface area contributed by atoms with Gasteiger partial charge in [-0.05, 0) is 78.8 Å². The molecule has 2 fully saturated rings. The highest BCUT2D eigenvalue weighted by molar-refractivity contribution is 14.1. The molecular formula is C20H24IN3O2. The summed E-state index contributed by atoms with van der Waals surface area (Å²) >= 11 is 2.28. The quantitative estimate of drug-likeness (QED) is 0.634. The minimum absolute atomic E-state index is 0.0301. The molecule has 0 aromatic heterocycles. The van der Waals surface area contributed by atoms with E-state index in [0.717, 1.165) is 38.5 Å². The van der Waals surface area contributed by atoms with Crippen molar-refractivity contribution >= 4 is 34.4 Å². The highest BCUT2D eigenvalue weighted by Crippen LogP contribution is 2.25. The lowest BCUT2D eigenvalue weighted by Crippen LogP contribution is -2.49. The van der Waals surface area contributed by atoms with Crippen LogP contribution in [0.3, 0.4) is 0 Å². The molecule has 0 saturated carbocycles. The van der Waals surface area contributed by atoms with Gasteiger partial charge in [-0.1, -0.05) is 12.1 Å². The molecule has 5 nitrogen and oxygen atoms in total. The third-order valence-electron chi connectivity index (χ3n) is 5.31. The molecule has 0 spiro atoms. The SMILES string of the molecule is N#C[C@@H]1CCCN1C(=O)[C@@H]1CCCN1C(=O)CCCc1ccc([123I])cc1. The van der Waals surface area contributed by atoms with Crippen molar-refractivity contribution in [1.82, 2.24) is 9.80 Å². The summed E-state index contributed by atoms with van der Waals surface area (Å²) in [5.74, 6) is 0.0385. The first kappa shape index (κ1) is 19.2. The molecule has 2 atom stereocenters. The number of hydrogen-bond donors (Lipinski definition) is 0. The number of nitriles is 1. The van der Waals surface area contributed by atoms with Crippen LogP contribution in [0.1, 0.15) is 44.1 Å². The molecule has 2 saturated heterocycles. The highest BCUT2D eigenvalue weighted by Gasteiger charge is 2.39. The fourth-order valence-electron chi connectivity index (χ4n) is 3.92. The fraction of sp³-hybridized carbons (Fsp3) is 0.550. The van der Waals surface area contributed by atoms with Crippen LogP contribution < -0.4 is 0 Å². The Bertz CT molecular complexity index is 698. The predicted molar refractivity (Wildman–Crippen MR) is 107 cm³/mol. The maximum absolute atomic E-state index is 12.8. The van der Waals surface area contributed by atoms with E-state index in [1.54, 1.807) is 9.80 Å². The molecule has 0 N–H and O–H groups in total. The number of aryl methyl sites for hydroxylation is 1. The molecule has 6 heteroatoms. The Balaban J connectivity index is 1.53. The lowest BCUT2D eigenvalue weighted by atomic mass is 10.1. The number of nitrogens with zero attached hydrogens (tertiary/aromatic N) is 3. The van der Waals surface area contributed by atoms with Gasteiger partial charge in [-0.3, -0.25) is 9.59 Å². The van der Waals surface area contributed by atoms with Gasteiger partial charge in [0.2, 0.25) is 11.8 Å². The highest BCUT2D eigenvalue weighted by atomic mass is 123. The van der Waals surface area contributed by atoms with Crippen LogP contribution in [0.15, 0.2) is 24.3 Å². The van der Waals surface area contributed by atoms with Crippen molar-refractivity contribution < 1.29 is 9.59 Å². The van der Waals surface area contributed by atoms with Gasteiger partial charge < -0.3 is 9.80 Å². The summed E-state index contributed by atoms with van der Waals surface area (Å²) in [6.07, 6.45) is 5.34. The summed E-state index contributed by atoms with van der Waals surface area (Å²) in [5, 5.41) is 9.22. The van der Waals surface area contributed by atoms with Crippen LogP contribution >= 0.6 is 22.6 Å². The molecule has 0 bridgehead atoms. The molecule has 2 amide bonds. The van der Waals surface area contributed by atoms with E-state index in [4.69, 9.17) is 0 Å². The summed E-state index contributed by atoms with van der Waals surface area (Å²) in [4.78, 5) is 28.9. The zero-order valence-corrected chi connectivity index (χ0v) is 17.0. The van der Waals surface area contributed by atoms with Gasteiger partial charge in [0.25, 0.3) is 0 Å². The summed E-state index contributed by atoms with van der Waals surface area (Å²) < 4.78 is 1.21. The van der Waals surface area contributed by atoms with E-state index in [9.17, 15) is 14.9 Å². The molecule has 0 aliphatic carbocycles. The molecule has 26 heavy (non-hydrogen) atoms. The van der Waals surface area contributed by atoms with Gasteiger partial charge >= 0.3 is 0 Å². The van der Waals surface area contributed by atoms with E-state index >= 15 is 0 Å². The Labute approximate surface area is 168 Å². The van der Waals surface area contributed by atoms with Crippen molar-refractivity contribution in [3.63, 3.8) is 0 Å². The van der Waals surface area contributed by atoms with Crippen LogP contribution in [0, 0.1) is 14.9 Å². The number of carbonyl (C=O) groups is 2. The maximum atomic E-state index is 12.8. The lowest BCUT2D eigenvalue weighted by Gasteiger charge is -2.29. The van der Waals surface area contributed by atoms with Crippen molar-refractivity contribution in [2.75, 3.05) is 13.1 Å². The number of hydrogen-bond acceptors (Lipinski definition) is 3. The zero-order chi connectivity index (χ0) is 18.5. The third kappa shape index (κ3) is 4.37. The third-order valence-corrected chi connectivity index (χ3v) is 6.03. The molecule has 2 heterocycles.